The van der Waals surface area contributed by atoms with Crippen LogP contribution in [0.25, 0.3) is 22.0 Å². The predicted molar refractivity (Wildman–Crippen MR) is 151 cm³/mol. The van der Waals surface area contributed by atoms with Crippen molar-refractivity contribution in [3.63, 3.8) is 0 Å². The molecule has 0 saturated heterocycles. The third-order valence-electron chi connectivity index (χ3n) is 6.80. The average molecular weight is 540 g/mol. The minimum Gasteiger partial charge on any atom is -0.481 e. The molecule has 0 N–H and O–H groups in total. The van der Waals surface area contributed by atoms with Crippen LogP contribution < -0.4 is 19.9 Å². The molecule has 5 aromatic rings. The first kappa shape index (κ1) is 24.7. The monoisotopic (exact) mass is 539 g/mol. The van der Waals surface area contributed by atoms with Crippen molar-refractivity contribution in [3.05, 3.63) is 101 Å². The minimum atomic E-state index is -1.63. The molecule has 1 amide bonds. The summed E-state index contributed by atoms with van der Waals surface area (Å²) in [5.41, 5.74) is 2.92. The first-order valence-electron chi connectivity index (χ1n) is 12.3. The van der Waals surface area contributed by atoms with E-state index in [0.29, 0.717) is 49.9 Å². The van der Waals surface area contributed by atoms with Crippen LogP contribution >= 0.6 is 0 Å². The quantitative estimate of drug-likeness (QED) is 0.313. The molecule has 39 heavy (non-hydrogen) atoms. The summed E-state index contributed by atoms with van der Waals surface area (Å²) in [6.45, 7) is 1.90. The van der Waals surface area contributed by atoms with Crippen molar-refractivity contribution >= 4 is 33.5 Å². The van der Waals surface area contributed by atoms with E-state index in [4.69, 9.17) is 9.47 Å². The molecule has 8 nitrogen and oxygen atoms in total. The molecule has 0 radical (unpaired) electrons. The van der Waals surface area contributed by atoms with Crippen LogP contribution in [0.15, 0.2) is 94.9 Å². The number of aromatic nitrogens is 2. The number of hydrogen-bond donors (Lipinski definition) is 0. The maximum absolute atomic E-state index is 13.6. The molecule has 0 bridgehead atoms. The van der Waals surface area contributed by atoms with Gasteiger partial charge in [0.1, 0.15) is 22.7 Å². The van der Waals surface area contributed by atoms with E-state index in [9.17, 15) is 13.8 Å². The van der Waals surface area contributed by atoms with Crippen LogP contribution in [0.4, 0.5) is 5.69 Å². The van der Waals surface area contributed by atoms with Crippen LogP contribution in [0.5, 0.6) is 17.2 Å². The Morgan fingerprint density at radius 1 is 0.897 bits per heavy atom. The van der Waals surface area contributed by atoms with Gasteiger partial charge in [0.05, 0.1) is 4.90 Å². The first-order chi connectivity index (χ1) is 18.8. The number of ether oxygens (including phenoxy) is 2. The fourth-order valence-electron chi connectivity index (χ4n) is 4.72. The van der Waals surface area contributed by atoms with Crippen molar-refractivity contribution in [2.75, 3.05) is 18.6 Å². The van der Waals surface area contributed by atoms with Crippen LogP contribution in [-0.4, -0.2) is 32.3 Å². The van der Waals surface area contributed by atoms with Crippen LogP contribution in [0, 0.1) is 6.92 Å². The predicted octanol–water partition coefficient (Wildman–Crippen LogP) is 5.03. The van der Waals surface area contributed by atoms with Crippen molar-refractivity contribution in [2.45, 2.75) is 11.8 Å². The summed E-state index contributed by atoms with van der Waals surface area (Å²) >= 11 is 0. The van der Waals surface area contributed by atoms with Gasteiger partial charge in [0.2, 0.25) is 0 Å². The van der Waals surface area contributed by atoms with E-state index in [0.717, 1.165) is 5.56 Å². The van der Waals surface area contributed by atoms with E-state index < -0.39 is 11.0 Å². The summed E-state index contributed by atoms with van der Waals surface area (Å²) < 4.78 is 28.7. The topological polar surface area (TPSA) is 82.8 Å². The molecule has 196 valence electrons. The van der Waals surface area contributed by atoms with Crippen molar-refractivity contribution in [3.8, 4) is 28.4 Å². The zero-order valence-electron chi connectivity index (χ0n) is 21.6. The van der Waals surface area contributed by atoms with Gasteiger partial charge in [0.15, 0.2) is 23.3 Å². The van der Waals surface area contributed by atoms with E-state index in [1.165, 1.54) is 13.4 Å². The molecular formula is C30H25N3O5S. The highest BCUT2D eigenvalue weighted by molar-refractivity contribution is 7.83. The van der Waals surface area contributed by atoms with Crippen molar-refractivity contribution in [1.29, 1.82) is 0 Å². The molecule has 0 saturated carbocycles. The first-order valence-corrected chi connectivity index (χ1v) is 13.4. The number of anilines is 1. The van der Waals surface area contributed by atoms with Gasteiger partial charge < -0.3 is 18.9 Å². The molecule has 3 heterocycles. The number of likely N-dealkylation sites (N-methyl/N-ethyl adjacent to an activating group) is 1. The highest BCUT2D eigenvalue weighted by atomic mass is 32.2. The Hall–Kier alpha value is -4.63. The molecule has 0 fully saturated rings. The van der Waals surface area contributed by atoms with Crippen molar-refractivity contribution in [2.24, 2.45) is 7.05 Å². The number of fused-ring (bicyclic) bond motifs is 2. The van der Waals surface area contributed by atoms with Gasteiger partial charge in [-0.2, -0.15) is 0 Å². The highest BCUT2D eigenvalue weighted by Crippen LogP contribution is 2.48. The van der Waals surface area contributed by atoms with Gasteiger partial charge in [-0.15, -0.1) is 0 Å². The smallest absolute Gasteiger partial charge is 0.275 e. The normalized spacial score (nSPS) is 13.7. The van der Waals surface area contributed by atoms with Gasteiger partial charge in [-0.05, 0) is 49.4 Å². The molecule has 6 rings (SSSR count). The van der Waals surface area contributed by atoms with Gasteiger partial charge in [-0.1, -0.05) is 35.9 Å². The Kier molecular flexibility index (Phi) is 6.07. The van der Waals surface area contributed by atoms with Crippen LogP contribution in [-0.2, 0) is 22.8 Å². The number of carbonyl (C=O) groups excluding carboxylic acids is 1. The van der Waals surface area contributed by atoms with Crippen molar-refractivity contribution in [1.82, 2.24) is 8.54 Å². The second-order valence-corrected chi connectivity index (χ2v) is 10.7. The number of para-hydroxylation sites is 1. The van der Waals surface area contributed by atoms with Gasteiger partial charge in [-0.3, -0.25) is 13.6 Å². The minimum absolute atomic E-state index is 0.0641. The van der Waals surface area contributed by atoms with Gasteiger partial charge in [0, 0.05) is 43.0 Å². The number of aryl methyl sites for hydroxylation is 2. The lowest BCUT2D eigenvalue weighted by atomic mass is 10.0. The Morgan fingerprint density at radius 2 is 1.64 bits per heavy atom. The molecule has 9 heteroatoms. The summed E-state index contributed by atoms with van der Waals surface area (Å²) in [4.78, 5) is 28.1. The summed E-state index contributed by atoms with van der Waals surface area (Å²) in [5, 5.41) is 0.613. The third kappa shape index (κ3) is 4.21. The third-order valence-corrected chi connectivity index (χ3v) is 8.13. The highest BCUT2D eigenvalue weighted by Gasteiger charge is 2.30. The Bertz CT molecular complexity index is 1820. The van der Waals surface area contributed by atoms with Gasteiger partial charge in [0.25, 0.3) is 11.5 Å². The second-order valence-electron chi connectivity index (χ2n) is 9.37. The van der Waals surface area contributed by atoms with Crippen LogP contribution in [0.1, 0.15) is 5.56 Å². The molecule has 1 aliphatic heterocycles. The Balaban J connectivity index is 1.59. The van der Waals surface area contributed by atoms with Gasteiger partial charge >= 0.3 is 0 Å². The molecule has 3 aromatic carbocycles. The number of hydrogen-bond acceptors (Lipinski definition) is 5. The Labute approximate surface area is 227 Å². The summed E-state index contributed by atoms with van der Waals surface area (Å²) in [7, 11) is 1.71. The van der Waals surface area contributed by atoms with Crippen molar-refractivity contribution < 1.29 is 18.5 Å². The lowest BCUT2D eigenvalue weighted by molar-refractivity contribution is -0.121. The molecule has 1 atom stereocenters. The number of nitrogens with zero attached hydrogens (tertiary/aromatic N) is 3. The molecule has 0 aliphatic carbocycles. The average Bonchev–Trinajstić information content (AvgIpc) is 3.39. The van der Waals surface area contributed by atoms with E-state index >= 15 is 0 Å². The number of rotatable bonds is 5. The zero-order valence-corrected chi connectivity index (χ0v) is 22.4. The molecule has 1 unspecified atom stereocenters. The summed E-state index contributed by atoms with van der Waals surface area (Å²) in [6, 6.07) is 22.1. The summed E-state index contributed by atoms with van der Waals surface area (Å²) in [6.07, 6.45) is 3.40. The van der Waals surface area contributed by atoms with Crippen LogP contribution in [0.3, 0.4) is 0 Å². The van der Waals surface area contributed by atoms with Gasteiger partial charge in [-0.25, -0.2) is 4.21 Å². The Morgan fingerprint density at radius 3 is 2.38 bits per heavy atom. The largest absolute Gasteiger partial charge is 0.481 e. The van der Waals surface area contributed by atoms with E-state index in [1.54, 1.807) is 50.8 Å². The SMILES string of the molecule is Cc1ccc(S(=O)n2ccc3c(-c4ccc5c(c4Oc4ccccc4)N(C)C(=O)CO5)cn(C)c(=O)c32)cc1. The van der Waals surface area contributed by atoms with E-state index in [2.05, 4.69) is 0 Å². The lowest BCUT2D eigenvalue weighted by Crippen LogP contribution is -2.35. The zero-order chi connectivity index (χ0) is 27.3. The molecule has 0 spiro atoms. The number of carbonyl (C=O) groups is 1. The van der Waals surface area contributed by atoms with E-state index in [-0.39, 0.29) is 18.1 Å². The molecule has 2 aromatic heterocycles. The fourth-order valence-corrected chi connectivity index (χ4v) is 5.83. The standard InChI is InChI=1S/C30H25N3O5S/c1-19-9-11-21(12-10-19)39(36)33-16-15-22-24(17-31(2)30(35)27(22)33)23-13-14-25-28(32(3)26(34)18-37-25)29(23)38-20-7-5-4-6-8-20/h4-17H,18H2,1-3H3. The lowest BCUT2D eigenvalue weighted by Gasteiger charge is -2.29. The number of benzene rings is 3. The molecular weight excluding hydrogens is 514 g/mol. The number of amides is 1. The maximum atomic E-state index is 13.6. The molecule has 1 aliphatic rings. The fraction of sp³-hybridized carbons (Fsp3) is 0.133. The second kappa shape index (κ2) is 9.59. The number of pyridine rings is 1. The van der Waals surface area contributed by atoms with E-state index in [1.807, 2.05) is 55.5 Å². The van der Waals surface area contributed by atoms with Crippen LogP contribution in [0.2, 0.25) is 0 Å². The summed E-state index contributed by atoms with van der Waals surface area (Å²) in [5.74, 6) is 1.31. The maximum Gasteiger partial charge on any atom is 0.275 e.